The topological polar surface area (TPSA) is 32.3 Å². The van der Waals surface area contributed by atoms with Gasteiger partial charge in [0, 0.05) is 23.6 Å². The van der Waals surface area contributed by atoms with Gasteiger partial charge in [-0.1, -0.05) is 0 Å². The quantitative estimate of drug-likeness (QED) is 0.873. The molecule has 1 aromatic rings. The van der Waals surface area contributed by atoms with Crippen LogP contribution in [0.2, 0.25) is 0 Å². The van der Waals surface area contributed by atoms with Crippen LogP contribution >= 0.6 is 28.3 Å². The van der Waals surface area contributed by atoms with Crippen LogP contribution in [0, 0.1) is 12.7 Å². The predicted molar refractivity (Wildman–Crippen MR) is 84.1 cm³/mol. The highest BCUT2D eigenvalue weighted by molar-refractivity contribution is 9.10. The maximum Gasteiger partial charge on any atom is 0.255 e. The number of carbonyl (C=O) groups excluding carboxylic acids is 1. The van der Waals surface area contributed by atoms with Crippen molar-refractivity contribution in [2.45, 2.75) is 25.8 Å². The summed E-state index contributed by atoms with van der Waals surface area (Å²) >= 11 is 3.35. The Morgan fingerprint density at radius 2 is 2.00 bits per heavy atom. The number of halogens is 3. The van der Waals surface area contributed by atoms with Gasteiger partial charge in [-0.2, -0.15) is 0 Å². The number of piperidine rings is 1. The number of rotatable bonds is 2. The Balaban J connectivity index is 0.00000200. The van der Waals surface area contributed by atoms with Crippen molar-refractivity contribution < 1.29 is 9.18 Å². The molecule has 1 fully saturated rings. The van der Waals surface area contributed by atoms with Crippen molar-refractivity contribution in [3.05, 3.63) is 33.5 Å². The molecule has 112 valence electrons. The van der Waals surface area contributed by atoms with Crippen molar-refractivity contribution >= 4 is 34.2 Å². The minimum atomic E-state index is -0.336. The molecule has 0 saturated carbocycles. The maximum atomic E-state index is 13.6. The molecule has 0 atom stereocenters. The fourth-order valence-electron chi connectivity index (χ4n) is 2.35. The molecule has 0 aliphatic carbocycles. The van der Waals surface area contributed by atoms with Gasteiger partial charge in [-0.15, -0.1) is 12.4 Å². The lowest BCUT2D eigenvalue weighted by Gasteiger charge is -2.32. The number of nitrogens with one attached hydrogen (secondary N) is 1. The molecule has 0 radical (unpaired) electrons. The molecule has 0 spiro atoms. The monoisotopic (exact) mass is 364 g/mol. The summed E-state index contributed by atoms with van der Waals surface area (Å²) < 4.78 is 14.3. The second-order valence-corrected chi connectivity index (χ2v) is 5.79. The molecular weight excluding hydrogens is 347 g/mol. The molecule has 6 heteroatoms. The van der Waals surface area contributed by atoms with Gasteiger partial charge in [0.2, 0.25) is 0 Å². The SMILES string of the molecule is CNC1CCN(C(=O)c2cc(F)c(C)cc2Br)CC1.Cl. The number of hydrogen-bond acceptors (Lipinski definition) is 2. The van der Waals surface area contributed by atoms with E-state index in [9.17, 15) is 9.18 Å². The minimum Gasteiger partial charge on any atom is -0.338 e. The van der Waals surface area contributed by atoms with Gasteiger partial charge in [0.1, 0.15) is 5.82 Å². The number of amides is 1. The zero-order valence-corrected chi connectivity index (χ0v) is 14.0. The molecule has 3 nitrogen and oxygen atoms in total. The lowest BCUT2D eigenvalue weighted by atomic mass is 10.0. The number of hydrogen-bond donors (Lipinski definition) is 1. The van der Waals surface area contributed by atoms with Crippen LogP contribution in [0.1, 0.15) is 28.8 Å². The van der Waals surface area contributed by atoms with Crippen molar-refractivity contribution in [3.8, 4) is 0 Å². The molecule has 1 N–H and O–H groups in total. The van der Waals surface area contributed by atoms with Crippen molar-refractivity contribution in [2.75, 3.05) is 20.1 Å². The molecule has 2 rings (SSSR count). The first kappa shape index (κ1) is 17.4. The van der Waals surface area contributed by atoms with E-state index >= 15 is 0 Å². The lowest BCUT2D eigenvalue weighted by molar-refractivity contribution is 0.0706. The van der Waals surface area contributed by atoms with Gasteiger partial charge in [-0.05, 0) is 60.4 Å². The number of likely N-dealkylation sites (tertiary alicyclic amines) is 1. The number of nitrogens with zero attached hydrogens (tertiary/aromatic N) is 1. The Kier molecular flexibility index (Phi) is 6.43. The van der Waals surface area contributed by atoms with Gasteiger partial charge < -0.3 is 10.2 Å². The summed E-state index contributed by atoms with van der Waals surface area (Å²) in [4.78, 5) is 14.2. The Hall–Kier alpha value is -0.650. The van der Waals surface area contributed by atoms with E-state index in [1.54, 1.807) is 17.9 Å². The molecule has 0 unspecified atom stereocenters. The number of aryl methyl sites for hydroxylation is 1. The average Bonchev–Trinajstić information content (AvgIpc) is 2.42. The largest absolute Gasteiger partial charge is 0.338 e. The van der Waals surface area contributed by atoms with Crippen LogP contribution in [-0.4, -0.2) is 37.0 Å². The van der Waals surface area contributed by atoms with Gasteiger partial charge in [0.25, 0.3) is 5.91 Å². The average molecular weight is 366 g/mol. The first-order valence-electron chi connectivity index (χ1n) is 6.45. The second-order valence-electron chi connectivity index (χ2n) is 4.94. The standard InChI is InChI=1S/C14H18BrFN2O.ClH/c1-9-7-12(15)11(8-13(9)16)14(19)18-5-3-10(17-2)4-6-18;/h7-8,10,17H,3-6H2,1-2H3;1H. The van der Waals surface area contributed by atoms with E-state index in [1.807, 2.05) is 7.05 Å². The molecule has 1 amide bonds. The Labute approximate surface area is 133 Å². The summed E-state index contributed by atoms with van der Waals surface area (Å²) in [6, 6.07) is 3.46. The van der Waals surface area contributed by atoms with Crippen LogP contribution < -0.4 is 5.32 Å². The predicted octanol–water partition coefficient (Wildman–Crippen LogP) is 3.14. The van der Waals surface area contributed by atoms with Crippen molar-refractivity contribution in [2.24, 2.45) is 0 Å². The Bertz CT molecular complexity index is 490. The third-order valence-corrected chi connectivity index (χ3v) is 4.33. The number of benzene rings is 1. The van der Waals surface area contributed by atoms with E-state index in [2.05, 4.69) is 21.2 Å². The molecule has 1 heterocycles. The molecule has 1 aliphatic heterocycles. The molecular formula is C14H19BrClFN2O. The Morgan fingerprint density at radius 1 is 1.40 bits per heavy atom. The molecule has 0 bridgehead atoms. The van der Waals surface area contributed by atoms with E-state index in [0.717, 1.165) is 12.8 Å². The lowest BCUT2D eigenvalue weighted by Crippen LogP contribution is -2.44. The summed E-state index contributed by atoms with van der Waals surface area (Å²) in [5.74, 6) is -0.433. The summed E-state index contributed by atoms with van der Waals surface area (Å²) in [6.07, 6.45) is 1.88. The normalized spacial score (nSPS) is 15.9. The first-order valence-corrected chi connectivity index (χ1v) is 7.24. The van der Waals surface area contributed by atoms with E-state index in [0.29, 0.717) is 34.7 Å². The highest BCUT2D eigenvalue weighted by atomic mass is 79.9. The fourth-order valence-corrected chi connectivity index (χ4v) is 2.98. The minimum absolute atomic E-state index is 0. The van der Waals surface area contributed by atoms with E-state index in [1.165, 1.54) is 6.07 Å². The molecule has 1 saturated heterocycles. The van der Waals surface area contributed by atoms with E-state index in [-0.39, 0.29) is 24.1 Å². The highest BCUT2D eigenvalue weighted by Gasteiger charge is 2.24. The van der Waals surface area contributed by atoms with Gasteiger partial charge in [0.05, 0.1) is 5.56 Å². The third kappa shape index (κ3) is 3.71. The summed E-state index contributed by atoms with van der Waals surface area (Å²) in [5.41, 5.74) is 0.948. The Morgan fingerprint density at radius 3 is 2.55 bits per heavy atom. The molecule has 0 aromatic heterocycles. The number of carbonyl (C=O) groups is 1. The van der Waals surface area contributed by atoms with Gasteiger partial charge >= 0.3 is 0 Å². The van der Waals surface area contributed by atoms with Crippen LogP contribution in [0.15, 0.2) is 16.6 Å². The second kappa shape index (κ2) is 7.38. The van der Waals surface area contributed by atoms with Crippen LogP contribution in [0.25, 0.3) is 0 Å². The summed E-state index contributed by atoms with van der Waals surface area (Å²) in [7, 11) is 1.94. The van der Waals surface area contributed by atoms with E-state index < -0.39 is 0 Å². The fraction of sp³-hybridized carbons (Fsp3) is 0.500. The van der Waals surface area contributed by atoms with Gasteiger partial charge in [0.15, 0.2) is 0 Å². The first-order chi connectivity index (χ1) is 9.02. The molecule has 1 aliphatic rings. The van der Waals surface area contributed by atoms with Crippen LogP contribution in [0.4, 0.5) is 4.39 Å². The molecule has 1 aromatic carbocycles. The zero-order chi connectivity index (χ0) is 14.0. The van der Waals surface area contributed by atoms with Crippen LogP contribution in [0.3, 0.4) is 0 Å². The smallest absolute Gasteiger partial charge is 0.255 e. The molecule has 20 heavy (non-hydrogen) atoms. The summed E-state index contributed by atoms with van der Waals surface area (Å²) in [5, 5.41) is 3.22. The summed E-state index contributed by atoms with van der Waals surface area (Å²) in [6.45, 7) is 3.12. The third-order valence-electron chi connectivity index (χ3n) is 3.67. The van der Waals surface area contributed by atoms with E-state index in [4.69, 9.17) is 0 Å². The zero-order valence-electron chi connectivity index (χ0n) is 11.6. The van der Waals surface area contributed by atoms with Crippen molar-refractivity contribution in [1.82, 2.24) is 10.2 Å². The van der Waals surface area contributed by atoms with Crippen LogP contribution in [0.5, 0.6) is 0 Å². The highest BCUT2D eigenvalue weighted by Crippen LogP contribution is 2.23. The van der Waals surface area contributed by atoms with Crippen molar-refractivity contribution in [1.29, 1.82) is 0 Å². The van der Waals surface area contributed by atoms with Crippen LogP contribution in [-0.2, 0) is 0 Å². The van der Waals surface area contributed by atoms with Crippen molar-refractivity contribution in [3.63, 3.8) is 0 Å². The van der Waals surface area contributed by atoms with Gasteiger partial charge in [-0.3, -0.25) is 4.79 Å². The maximum absolute atomic E-state index is 13.6. The van der Waals surface area contributed by atoms with Gasteiger partial charge in [-0.25, -0.2) is 4.39 Å².